The van der Waals surface area contributed by atoms with E-state index in [0.717, 1.165) is 37.4 Å². The molecule has 0 spiro atoms. The summed E-state index contributed by atoms with van der Waals surface area (Å²) in [4.78, 5) is 4.46. The van der Waals surface area contributed by atoms with Gasteiger partial charge in [-0.25, -0.2) is 0 Å². The molecule has 0 radical (unpaired) electrons. The maximum absolute atomic E-state index is 5.25. The second-order valence-corrected chi connectivity index (χ2v) is 6.22. The van der Waals surface area contributed by atoms with E-state index in [9.17, 15) is 0 Å². The van der Waals surface area contributed by atoms with Crippen molar-refractivity contribution >= 4 is 11.8 Å². The van der Waals surface area contributed by atoms with Gasteiger partial charge in [0.2, 0.25) is 5.95 Å². The molecule has 1 aromatic heterocycles. The molecular weight excluding hydrogens is 354 g/mol. The van der Waals surface area contributed by atoms with Crippen LogP contribution in [-0.2, 0) is 12.8 Å². The van der Waals surface area contributed by atoms with Crippen molar-refractivity contribution in [3.63, 3.8) is 0 Å². The van der Waals surface area contributed by atoms with Crippen LogP contribution in [0.4, 0.5) is 11.8 Å². The van der Waals surface area contributed by atoms with Gasteiger partial charge in [-0.15, -0.1) is 5.10 Å². The number of ether oxygens (including phenoxy) is 2. The van der Waals surface area contributed by atoms with Crippen LogP contribution in [0.25, 0.3) is 0 Å². The largest absolute Gasteiger partial charge is 0.497 e. The van der Waals surface area contributed by atoms with Crippen molar-refractivity contribution in [2.45, 2.75) is 12.8 Å². The van der Waals surface area contributed by atoms with Crippen molar-refractivity contribution in [3.05, 3.63) is 65.9 Å². The van der Waals surface area contributed by atoms with Crippen molar-refractivity contribution in [1.29, 1.82) is 0 Å². The predicted molar refractivity (Wildman–Crippen MR) is 110 cm³/mol. The maximum atomic E-state index is 5.25. The van der Waals surface area contributed by atoms with E-state index < -0.39 is 0 Å². The SMILES string of the molecule is COc1ccc(CCNc2nncc(NCCc3cccc(OC)c3)n2)cc1. The zero-order valence-electron chi connectivity index (χ0n) is 16.2. The number of nitrogens with zero attached hydrogens (tertiary/aromatic N) is 3. The molecule has 2 aromatic carbocycles. The van der Waals surface area contributed by atoms with Gasteiger partial charge in [0.05, 0.1) is 20.4 Å². The quantitative estimate of drug-likeness (QED) is 0.560. The maximum Gasteiger partial charge on any atom is 0.244 e. The van der Waals surface area contributed by atoms with E-state index in [1.165, 1.54) is 11.1 Å². The van der Waals surface area contributed by atoms with Crippen LogP contribution in [0.5, 0.6) is 11.5 Å². The molecule has 0 aliphatic carbocycles. The molecular formula is C21H25N5O2. The molecule has 2 N–H and O–H groups in total. The summed E-state index contributed by atoms with van der Waals surface area (Å²) in [6.45, 7) is 1.47. The number of anilines is 2. The molecule has 3 aromatic rings. The van der Waals surface area contributed by atoms with Gasteiger partial charge in [-0.05, 0) is 48.2 Å². The van der Waals surface area contributed by atoms with Gasteiger partial charge in [-0.2, -0.15) is 10.1 Å². The van der Waals surface area contributed by atoms with Crippen molar-refractivity contribution < 1.29 is 9.47 Å². The van der Waals surface area contributed by atoms with E-state index in [1.54, 1.807) is 20.4 Å². The van der Waals surface area contributed by atoms with Crippen LogP contribution in [0.1, 0.15) is 11.1 Å². The molecule has 0 amide bonds. The number of aromatic nitrogens is 3. The molecule has 0 aliphatic rings. The van der Waals surface area contributed by atoms with Gasteiger partial charge < -0.3 is 20.1 Å². The van der Waals surface area contributed by atoms with Crippen LogP contribution in [0.2, 0.25) is 0 Å². The summed E-state index contributed by atoms with van der Waals surface area (Å²) >= 11 is 0. The summed E-state index contributed by atoms with van der Waals surface area (Å²) in [7, 11) is 3.34. The summed E-state index contributed by atoms with van der Waals surface area (Å²) in [5.41, 5.74) is 2.42. The highest BCUT2D eigenvalue weighted by molar-refractivity contribution is 5.38. The lowest BCUT2D eigenvalue weighted by atomic mass is 10.1. The highest BCUT2D eigenvalue weighted by atomic mass is 16.5. The fourth-order valence-corrected chi connectivity index (χ4v) is 2.74. The van der Waals surface area contributed by atoms with E-state index in [1.807, 2.05) is 30.3 Å². The zero-order chi connectivity index (χ0) is 19.6. The first-order valence-corrected chi connectivity index (χ1v) is 9.20. The number of methoxy groups -OCH3 is 2. The molecule has 7 nitrogen and oxygen atoms in total. The van der Waals surface area contributed by atoms with Crippen LogP contribution in [0.15, 0.2) is 54.7 Å². The molecule has 0 atom stereocenters. The Morgan fingerprint density at radius 3 is 2.36 bits per heavy atom. The minimum Gasteiger partial charge on any atom is -0.497 e. The van der Waals surface area contributed by atoms with E-state index in [-0.39, 0.29) is 0 Å². The van der Waals surface area contributed by atoms with Gasteiger partial charge in [-0.1, -0.05) is 24.3 Å². The molecule has 1 heterocycles. The van der Waals surface area contributed by atoms with Crippen LogP contribution in [0, 0.1) is 0 Å². The van der Waals surface area contributed by atoms with Crippen LogP contribution >= 0.6 is 0 Å². The summed E-state index contributed by atoms with van der Waals surface area (Å²) in [6.07, 6.45) is 3.35. The van der Waals surface area contributed by atoms with Gasteiger partial charge in [0.15, 0.2) is 5.82 Å². The third kappa shape index (κ3) is 5.84. The molecule has 0 aliphatic heterocycles. The van der Waals surface area contributed by atoms with Gasteiger partial charge in [0, 0.05) is 13.1 Å². The predicted octanol–water partition coefficient (Wildman–Crippen LogP) is 3.20. The average molecular weight is 379 g/mol. The Bertz CT molecular complexity index is 871. The van der Waals surface area contributed by atoms with Crippen LogP contribution in [-0.4, -0.2) is 42.5 Å². The lowest BCUT2D eigenvalue weighted by Crippen LogP contribution is -2.12. The Morgan fingerprint density at radius 1 is 0.821 bits per heavy atom. The Balaban J connectivity index is 1.45. The summed E-state index contributed by atoms with van der Waals surface area (Å²) in [5.74, 6) is 2.94. The van der Waals surface area contributed by atoms with Gasteiger partial charge in [0.25, 0.3) is 0 Å². The fraction of sp³-hybridized carbons (Fsp3) is 0.286. The van der Waals surface area contributed by atoms with Crippen molar-refractivity contribution in [3.8, 4) is 11.5 Å². The van der Waals surface area contributed by atoms with Gasteiger partial charge in [-0.3, -0.25) is 0 Å². The van der Waals surface area contributed by atoms with Crippen LogP contribution in [0.3, 0.4) is 0 Å². The van der Waals surface area contributed by atoms with Crippen molar-refractivity contribution in [2.24, 2.45) is 0 Å². The molecule has 146 valence electrons. The van der Waals surface area contributed by atoms with E-state index in [0.29, 0.717) is 11.8 Å². The third-order valence-corrected chi connectivity index (χ3v) is 4.27. The second kappa shape index (κ2) is 10.1. The van der Waals surface area contributed by atoms with Gasteiger partial charge in [0.1, 0.15) is 11.5 Å². The smallest absolute Gasteiger partial charge is 0.244 e. The highest BCUT2D eigenvalue weighted by Crippen LogP contribution is 2.14. The fourth-order valence-electron chi connectivity index (χ4n) is 2.74. The molecule has 0 bridgehead atoms. The number of benzene rings is 2. The molecule has 0 saturated heterocycles. The van der Waals surface area contributed by atoms with E-state index in [4.69, 9.17) is 9.47 Å². The van der Waals surface area contributed by atoms with E-state index >= 15 is 0 Å². The third-order valence-electron chi connectivity index (χ3n) is 4.27. The molecule has 7 heteroatoms. The minimum atomic E-state index is 0.514. The van der Waals surface area contributed by atoms with Crippen LogP contribution < -0.4 is 20.1 Å². The first kappa shape index (κ1) is 19.4. The number of hydrogen-bond donors (Lipinski definition) is 2. The summed E-state index contributed by atoms with van der Waals surface area (Å²) in [5, 5.41) is 14.5. The standard InChI is InChI=1S/C21H25N5O2/c1-27-18-8-6-16(7-9-18)10-13-23-21-25-20(15-24-26-21)22-12-11-17-4-3-5-19(14-17)28-2/h3-9,14-15H,10-13H2,1-2H3,(H2,22,23,25,26). The number of nitrogens with one attached hydrogen (secondary N) is 2. The first-order chi connectivity index (χ1) is 13.8. The molecule has 0 saturated carbocycles. The topological polar surface area (TPSA) is 81.2 Å². The minimum absolute atomic E-state index is 0.514. The normalized spacial score (nSPS) is 10.4. The molecule has 0 fully saturated rings. The zero-order valence-corrected chi connectivity index (χ0v) is 16.2. The number of rotatable bonds is 10. The second-order valence-electron chi connectivity index (χ2n) is 6.22. The molecule has 28 heavy (non-hydrogen) atoms. The molecule has 3 rings (SSSR count). The summed E-state index contributed by atoms with van der Waals surface area (Å²) < 4.78 is 10.4. The first-order valence-electron chi connectivity index (χ1n) is 9.20. The summed E-state index contributed by atoms with van der Waals surface area (Å²) in [6, 6.07) is 16.1. The average Bonchev–Trinajstić information content (AvgIpc) is 2.75. The lowest BCUT2D eigenvalue weighted by molar-refractivity contribution is 0.414. The number of hydrogen-bond acceptors (Lipinski definition) is 7. The Hall–Kier alpha value is -3.35. The van der Waals surface area contributed by atoms with E-state index in [2.05, 4.69) is 44.0 Å². The lowest BCUT2D eigenvalue weighted by Gasteiger charge is -2.09. The monoisotopic (exact) mass is 379 g/mol. The Labute approximate surface area is 165 Å². The van der Waals surface area contributed by atoms with Crippen molar-refractivity contribution in [2.75, 3.05) is 37.9 Å². The van der Waals surface area contributed by atoms with Gasteiger partial charge >= 0.3 is 0 Å². The van der Waals surface area contributed by atoms with Crippen molar-refractivity contribution in [1.82, 2.24) is 15.2 Å². The molecule has 0 unspecified atom stereocenters. The highest BCUT2D eigenvalue weighted by Gasteiger charge is 2.02. The Kier molecular flexibility index (Phi) is 7.01. The Morgan fingerprint density at radius 2 is 1.57 bits per heavy atom.